The molecule has 0 aliphatic rings. The van der Waals surface area contributed by atoms with E-state index in [1.165, 1.54) is 22.2 Å². The lowest BCUT2D eigenvalue weighted by Gasteiger charge is -2.15. The Hall–Kier alpha value is -1.24. The monoisotopic (exact) mass is 201 g/mol. The van der Waals surface area contributed by atoms with Gasteiger partial charge < -0.3 is 4.98 Å². The third kappa shape index (κ3) is 1.92. The molecule has 80 valence electrons. The van der Waals surface area contributed by atoms with Crippen LogP contribution in [-0.2, 0) is 11.8 Å². The minimum absolute atomic E-state index is 0.200. The van der Waals surface area contributed by atoms with Crippen LogP contribution in [0.15, 0.2) is 24.3 Å². The topological polar surface area (TPSA) is 15.8 Å². The summed E-state index contributed by atoms with van der Waals surface area (Å²) in [6.45, 7) is 8.90. The SMILES string of the molecule is CCc1ccc2[nH]c(C(C)(C)C)cc2c1. The van der Waals surface area contributed by atoms with Crippen molar-refractivity contribution in [2.75, 3.05) is 0 Å². The van der Waals surface area contributed by atoms with E-state index in [9.17, 15) is 0 Å². The molecule has 1 heterocycles. The summed E-state index contributed by atoms with van der Waals surface area (Å²) in [4.78, 5) is 3.49. The minimum Gasteiger partial charge on any atom is -0.358 e. The third-order valence-corrected chi connectivity index (χ3v) is 2.90. The van der Waals surface area contributed by atoms with Gasteiger partial charge in [-0.15, -0.1) is 0 Å². The van der Waals surface area contributed by atoms with Crippen molar-refractivity contribution in [3.05, 3.63) is 35.5 Å². The van der Waals surface area contributed by atoms with Gasteiger partial charge in [0.25, 0.3) is 0 Å². The molecule has 0 fully saturated rings. The number of hydrogen-bond acceptors (Lipinski definition) is 0. The average Bonchev–Trinajstić information content (AvgIpc) is 2.59. The molecule has 1 aromatic heterocycles. The van der Waals surface area contributed by atoms with Gasteiger partial charge in [0.1, 0.15) is 0 Å². The van der Waals surface area contributed by atoms with E-state index in [-0.39, 0.29) is 5.41 Å². The zero-order valence-electron chi connectivity index (χ0n) is 10.0. The van der Waals surface area contributed by atoms with Crippen LogP contribution in [0.4, 0.5) is 0 Å². The largest absolute Gasteiger partial charge is 0.358 e. The Bertz CT molecular complexity index is 472. The molecule has 0 atom stereocenters. The fraction of sp³-hybridized carbons (Fsp3) is 0.429. The van der Waals surface area contributed by atoms with E-state index >= 15 is 0 Å². The van der Waals surface area contributed by atoms with Crippen LogP contribution >= 0.6 is 0 Å². The number of H-pyrrole nitrogens is 1. The van der Waals surface area contributed by atoms with Gasteiger partial charge in [-0.25, -0.2) is 0 Å². The first-order valence-electron chi connectivity index (χ1n) is 5.63. The quantitative estimate of drug-likeness (QED) is 0.717. The molecule has 2 aromatic rings. The van der Waals surface area contributed by atoms with Gasteiger partial charge in [0.2, 0.25) is 0 Å². The summed E-state index contributed by atoms with van der Waals surface area (Å²) in [5, 5.41) is 1.33. The van der Waals surface area contributed by atoms with Crippen LogP contribution in [-0.4, -0.2) is 4.98 Å². The zero-order chi connectivity index (χ0) is 11.1. The molecule has 0 amide bonds. The highest BCUT2D eigenvalue weighted by Gasteiger charge is 2.15. The predicted octanol–water partition coefficient (Wildman–Crippen LogP) is 4.03. The van der Waals surface area contributed by atoms with Crippen molar-refractivity contribution in [1.29, 1.82) is 0 Å². The number of hydrogen-bond donors (Lipinski definition) is 1. The molecule has 1 heteroatoms. The van der Waals surface area contributed by atoms with Crippen LogP contribution in [0.3, 0.4) is 0 Å². The maximum atomic E-state index is 3.49. The van der Waals surface area contributed by atoms with Crippen molar-refractivity contribution in [3.8, 4) is 0 Å². The van der Waals surface area contributed by atoms with Crippen molar-refractivity contribution in [3.63, 3.8) is 0 Å². The number of benzene rings is 1. The van der Waals surface area contributed by atoms with E-state index in [1.807, 2.05) is 0 Å². The normalized spacial score (nSPS) is 12.3. The van der Waals surface area contributed by atoms with Crippen LogP contribution in [0.25, 0.3) is 10.9 Å². The maximum Gasteiger partial charge on any atom is 0.0456 e. The maximum absolute atomic E-state index is 3.49. The van der Waals surface area contributed by atoms with E-state index in [0.29, 0.717) is 0 Å². The number of aromatic nitrogens is 1. The molecule has 2 rings (SSSR count). The molecule has 15 heavy (non-hydrogen) atoms. The summed E-state index contributed by atoms with van der Waals surface area (Å²) in [6.07, 6.45) is 1.10. The number of fused-ring (bicyclic) bond motifs is 1. The zero-order valence-corrected chi connectivity index (χ0v) is 10.0. The molecule has 0 aliphatic carbocycles. The Morgan fingerprint density at radius 2 is 1.87 bits per heavy atom. The second-order valence-electron chi connectivity index (χ2n) is 5.21. The molecular weight excluding hydrogens is 182 g/mol. The van der Waals surface area contributed by atoms with Gasteiger partial charge >= 0.3 is 0 Å². The van der Waals surface area contributed by atoms with Gasteiger partial charge in [-0.3, -0.25) is 0 Å². The summed E-state index contributed by atoms with van der Waals surface area (Å²) in [7, 11) is 0. The average molecular weight is 201 g/mol. The van der Waals surface area contributed by atoms with Crippen molar-refractivity contribution >= 4 is 10.9 Å². The minimum atomic E-state index is 0.200. The molecule has 1 aromatic carbocycles. The lowest BCUT2D eigenvalue weighted by molar-refractivity contribution is 0.574. The Morgan fingerprint density at radius 3 is 2.47 bits per heavy atom. The molecule has 0 radical (unpaired) electrons. The van der Waals surface area contributed by atoms with Crippen LogP contribution in [0.1, 0.15) is 39.0 Å². The smallest absolute Gasteiger partial charge is 0.0456 e. The molecule has 0 saturated heterocycles. The molecule has 0 saturated carbocycles. The predicted molar refractivity (Wildman–Crippen MR) is 66.4 cm³/mol. The van der Waals surface area contributed by atoms with Crippen molar-refractivity contribution in [1.82, 2.24) is 4.98 Å². The molecular formula is C14H19N. The second kappa shape index (κ2) is 3.41. The van der Waals surface area contributed by atoms with E-state index < -0.39 is 0 Å². The Kier molecular flexibility index (Phi) is 2.34. The number of nitrogens with one attached hydrogen (secondary N) is 1. The standard InChI is InChI=1S/C14H19N/c1-5-10-6-7-12-11(8-10)9-13(15-12)14(2,3)4/h6-9,15H,5H2,1-4H3. The molecule has 1 N–H and O–H groups in total. The van der Waals surface area contributed by atoms with Gasteiger partial charge in [0.15, 0.2) is 0 Å². The number of aryl methyl sites for hydroxylation is 1. The van der Waals surface area contributed by atoms with Crippen LogP contribution in [0.5, 0.6) is 0 Å². The van der Waals surface area contributed by atoms with E-state index in [1.54, 1.807) is 0 Å². The van der Waals surface area contributed by atoms with Gasteiger partial charge in [0.05, 0.1) is 0 Å². The van der Waals surface area contributed by atoms with Gasteiger partial charge in [0, 0.05) is 16.6 Å². The Morgan fingerprint density at radius 1 is 1.13 bits per heavy atom. The van der Waals surface area contributed by atoms with E-state index in [2.05, 4.69) is 56.9 Å². The first-order chi connectivity index (χ1) is 7.00. The van der Waals surface area contributed by atoms with Crippen molar-refractivity contribution in [2.24, 2.45) is 0 Å². The van der Waals surface area contributed by atoms with Crippen molar-refractivity contribution < 1.29 is 0 Å². The number of aromatic amines is 1. The van der Waals surface area contributed by atoms with Crippen LogP contribution in [0, 0.1) is 0 Å². The van der Waals surface area contributed by atoms with Crippen molar-refractivity contribution in [2.45, 2.75) is 39.5 Å². The molecule has 0 unspecified atom stereocenters. The lowest BCUT2D eigenvalue weighted by Crippen LogP contribution is -2.10. The first kappa shape index (κ1) is 10.3. The summed E-state index contributed by atoms with van der Waals surface area (Å²) in [5.41, 5.74) is 4.16. The fourth-order valence-electron chi connectivity index (χ4n) is 1.81. The summed E-state index contributed by atoms with van der Waals surface area (Å²) >= 11 is 0. The van der Waals surface area contributed by atoms with Gasteiger partial charge in [-0.2, -0.15) is 0 Å². The molecule has 0 bridgehead atoms. The van der Waals surface area contributed by atoms with Gasteiger partial charge in [-0.05, 0) is 35.6 Å². The summed E-state index contributed by atoms with van der Waals surface area (Å²) in [5.74, 6) is 0. The lowest BCUT2D eigenvalue weighted by atomic mass is 9.92. The molecule has 0 spiro atoms. The van der Waals surface area contributed by atoms with Gasteiger partial charge in [-0.1, -0.05) is 33.8 Å². The number of rotatable bonds is 1. The Balaban J connectivity index is 2.56. The summed E-state index contributed by atoms with van der Waals surface area (Å²) < 4.78 is 0. The first-order valence-corrected chi connectivity index (χ1v) is 5.63. The second-order valence-corrected chi connectivity index (χ2v) is 5.21. The third-order valence-electron chi connectivity index (χ3n) is 2.90. The molecule has 1 nitrogen and oxygen atoms in total. The Labute approximate surface area is 91.5 Å². The van der Waals surface area contributed by atoms with E-state index in [0.717, 1.165) is 6.42 Å². The molecule has 0 aliphatic heterocycles. The highest BCUT2D eigenvalue weighted by atomic mass is 14.7. The van der Waals surface area contributed by atoms with Crippen LogP contribution < -0.4 is 0 Å². The highest BCUT2D eigenvalue weighted by molar-refractivity contribution is 5.81. The van der Waals surface area contributed by atoms with E-state index in [4.69, 9.17) is 0 Å². The van der Waals surface area contributed by atoms with Crippen LogP contribution in [0.2, 0.25) is 0 Å². The highest BCUT2D eigenvalue weighted by Crippen LogP contribution is 2.26. The fourth-order valence-corrected chi connectivity index (χ4v) is 1.81. The summed E-state index contributed by atoms with van der Waals surface area (Å²) in [6, 6.07) is 8.93.